The molecule has 0 heteroatoms. The molecule has 0 heterocycles. The smallest absolute Gasteiger partial charge is 0.00928 e. The highest BCUT2D eigenvalue weighted by Gasteiger charge is 2.23. The Hall–Kier alpha value is -3.12. The number of benzene rings is 5. The van der Waals surface area contributed by atoms with Crippen molar-refractivity contribution in [3.05, 3.63) is 108 Å². The summed E-state index contributed by atoms with van der Waals surface area (Å²) >= 11 is 0. The van der Waals surface area contributed by atoms with Gasteiger partial charge in [0.25, 0.3) is 0 Å². The monoisotopic (exact) mass is 357 g/mol. The maximum absolute atomic E-state index is 3.51. The second-order valence-electron chi connectivity index (χ2n) is 7.98. The third-order valence-corrected chi connectivity index (χ3v) is 6.45. The summed E-state index contributed by atoms with van der Waals surface area (Å²) in [7, 11) is 0. The molecule has 28 heavy (non-hydrogen) atoms. The molecule has 0 aliphatic heterocycles. The van der Waals surface area contributed by atoms with Gasteiger partial charge in [0.2, 0.25) is 0 Å². The van der Waals surface area contributed by atoms with E-state index in [0.717, 1.165) is 0 Å². The van der Waals surface area contributed by atoms with Gasteiger partial charge < -0.3 is 0 Å². The van der Waals surface area contributed by atoms with Crippen LogP contribution in [0.2, 0.25) is 0 Å². The third-order valence-electron chi connectivity index (χ3n) is 6.45. The molecule has 1 radical (unpaired) electrons. The molecule has 0 fully saturated rings. The largest absolute Gasteiger partial charge is 0.0616 e. The van der Waals surface area contributed by atoms with E-state index in [1.807, 2.05) is 0 Å². The van der Waals surface area contributed by atoms with Crippen LogP contribution in [0.3, 0.4) is 0 Å². The van der Waals surface area contributed by atoms with Crippen LogP contribution in [-0.2, 0) is 6.42 Å². The molecule has 0 spiro atoms. The van der Waals surface area contributed by atoms with E-state index in [-0.39, 0.29) is 0 Å². The average Bonchev–Trinajstić information content (AvgIpc) is 2.78. The molecule has 1 atom stereocenters. The van der Waals surface area contributed by atoms with Crippen LogP contribution in [0.5, 0.6) is 0 Å². The molecule has 0 bridgehead atoms. The van der Waals surface area contributed by atoms with Crippen molar-refractivity contribution >= 4 is 32.3 Å². The van der Waals surface area contributed by atoms with E-state index < -0.39 is 0 Å². The Morgan fingerprint density at radius 3 is 2.50 bits per heavy atom. The second-order valence-corrected chi connectivity index (χ2v) is 7.98. The highest BCUT2D eigenvalue weighted by atomic mass is 14.3. The van der Waals surface area contributed by atoms with Gasteiger partial charge in [-0.1, -0.05) is 78.9 Å². The van der Waals surface area contributed by atoms with Gasteiger partial charge in [-0.25, -0.2) is 0 Å². The van der Waals surface area contributed by atoms with E-state index in [0.29, 0.717) is 5.92 Å². The summed E-state index contributed by atoms with van der Waals surface area (Å²) in [6.07, 6.45) is 3.65. The normalized spacial score (nSPS) is 16.5. The van der Waals surface area contributed by atoms with Crippen molar-refractivity contribution in [2.45, 2.75) is 25.2 Å². The minimum absolute atomic E-state index is 0.473. The Morgan fingerprint density at radius 1 is 0.714 bits per heavy atom. The minimum atomic E-state index is 0.473. The summed E-state index contributed by atoms with van der Waals surface area (Å²) in [5.74, 6) is 0.473. The van der Waals surface area contributed by atoms with Crippen molar-refractivity contribution in [2.75, 3.05) is 0 Å². The Labute approximate surface area is 165 Å². The quantitative estimate of drug-likeness (QED) is 0.274. The van der Waals surface area contributed by atoms with Crippen molar-refractivity contribution in [2.24, 2.45) is 0 Å². The van der Waals surface area contributed by atoms with Gasteiger partial charge in [0.05, 0.1) is 0 Å². The maximum atomic E-state index is 3.51. The summed E-state index contributed by atoms with van der Waals surface area (Å²) in [4.78, 5) is 0. The molecule has 1 aliphatic carbocycles. The van der Waals surface area contributed by atoms with Crippen LogP contribution in [-0.4, -0.2) is 0 Å². The van der Waals surface area contributed by atoms with Crippen LogP contribution < -0.4 is 0 Å². The summed E-state index contributed by atoms with van der Waals surface area (Å²) in [5, 5.41) is 8.01. The lowest BCUT2D eigenvalue weighted by molar-refractivity contribution is 0.620. The van der Waals surface area contributed by atoms with Crippen molar-refractivity contribution < 1.29 is 0 Å². The Bertz CT molecular complexity index is 1340. The lowest BCUT2D eigenvalue weighted by Gasteiger charge is -2.27. The van der Waals surface area contributed by atoms with E-state index in [4.69, 9.17) is 0 Å². The highest BCUT2D eigenvalue weighted by Crippen LogP contribution is 2.41. The number of hydrogen-bond acceptors (Lipinski definition) is 0. The van der Waals surface area contributed by atoms with Crippen molar-refractivity contribution in [1.29, 1.82) is 0 Å². The van der Waals surface area contributed by atoms with Crippen molar-refractivity contribution in [1.82, 2.24) is 0 Å². The van der Waals surface area contributed by atoms with E-state index in [1.165, 1.54) is 62.7 Å². The SMILES string of the molecule is [c]1cc(C2CCCc3c2ccc2c3ccc3ccccc32)cc2ccccc12. The molecule has 1 unspecified atom stereocenters. The van der Waals surface area contributed by atoms with Crippen molar-refractivity contribution in [3.63, 3.8) is 0 Å². The Kier molecular flexibility index (Phi) is 3.52. The van der Waals surface area contributed by atoms with E-state index in [1.54, 1.807) is 5.56 Å². The Balaban J connectivity index is 1.56. The molecule has 5 aromatic carbocycles. The maximum Gasteiger partial charge on any atom is 0.00928 e. The van der Waals surface area contributed by atoms with Gasteiger partial charge in [-0.15, -0.1) is 0 Å². The second kappa shape index (κ2) is 6.21. The molecule has 5 aromatic rings. The molecule has 0 amide bonds. The van der Waals surface area contributed by atoms with E-state index in [9.17, 15) is 0 Å². The number of rotatable bonds is 1. The fourth-order valence-corrected chi connectivity index (χ4v) is 5.10. The zero-order valence-corrected chi connectivity index (χ0v) is 15.8. The highest BCUT2D eigenvalue weighted by molar-refractivity contribution is 6.08. The zero-order valence-electron chi connectivity index (χ0n) is 15.8. The summed E-state index contributed by atoms with van der Waals surface area (Å²) in [6, 6.07) is 34.7. The number of hydrogen-bond donors (Lipinski definition) is 0. The standard InChI is InChI=1S/C28H21/c1-2-8-21-18-22(13-12-19(21)6-1)24-10-5-11-25-27(24)17-16-26-23-9-4-3-7-20(23)14-15-28(25)26/h1-4,6-9,13-18,24H,5,10-11H2. The fourth-order valence-electron chi connectivity index (χ4n) is 5.10. The molecule has 0 aromatic heterocycles. The summed E-state index contributed by atoms with van der Waals surface area (Å²) in [5.41, 5.74) is 4.46. The molecule has 0 saturated heterocycles. The van der Waals surface area contributed by atoms with Gasteiger partial charge in [-0.3, -0.25) is 0 Å². The topological polar surface area (TPSA) is 0 Å². The average molecular weight is 357 g/mol. The predicted octanol–water partition coefficient (Wildman–Crippen LogP) is 7.41. The zero-order chi connectivity index (χ0) is 18.5. The van der Waals surface area contributed by atoms with Crippen LogP contribution in [0.15, 0.2) is 84.9 Å². The van der Waals surface area contributed by atoms with Crippen LogP contribution in [0.1, 0.15) is 35.4 Å². The van der Waals surface area contributed by atoms with E-state index in [2.05, 4.69) is 91.0 Å². The van der Waals surface area contributed by atoms with Crippen LogP contribution >= 0.6 is 0 Å². The molecule has 0 saturated carbocycles. The van der Waals surface area contributed by atoms with Crippen molar-refractivity contribution in [3.8, 4) is 0 Å². The van der Waals surface area contributed by atoms with Crippen LogP contribution in [0.4, 0.5) is 0 Å². The summed E-state index contributed by atoms with van der Waals surface area (Å²) in [6.45, 7) is 0. The van der Waals surface area contributed by atoms with Gasteiger partial charge in [-0.2, -0.15) is 0 Å². The first-order valence-electron chi connectivity index (χ1n) is 10.2. The predicted molar refractivity (Wildman–Crippen MR) is 119 cm³/mol. The minimum Gasteiger partial charge on any atom is -0.0616 e. The molecule has 0 N–H and O–H groups in total. The van der Waals surface area contributed by atoms with Gasteiger partial charge >= 0.3 is 0 Å². The first kappa shape index (κ1) is 15.9. The lowest BCUT2D eigenvalue weighted by Crippen LogP contribution is -2.11. The number of aryl methyl sites for hydroxylation is 1. The summed E-state index contributed by atoms with van der Waals surface area (Å²) < 4.78 is 0. The molecular formula is C28H21. The molecule has 1 aliphatic rings. The lowest BCUT2D eigenvalue weighted by atomic mass is 9.76. The number of fused-ring (bicyclic) bond motifs is 6. The van der Waals surface area contributed by atoms with Crippen LogP contribution in [0.25, 0.3) is 32.3 Å². The van der Waals surface area contributed by atoms with Gasteiger partial charge in [0, 0.05) is 5.92 Å². The fraction of sp³-hybridized carbons (Fsp3) is 0.143. The van der Waals surface area contributed by atoms with Gasteiger partial charge in [-0.05, 0) is 80.4 Å². The first-order valence-corrected chi connectivity index (χ1v) is 10.2. The van der Waals surface area contributed by atoms with Gasteiger partial charge in [0.1, 0.15) is 0 Å². The van der Waals surface area contributed by atoms with E-state index >= 15 is 0 Å². The third kappa shape index (κ3) is 2.38. The molecular weight excluding hydrogens is 336 g/mol. The van der Waals surface area contributed by atoms with Gasteiger partial charge in [0.15, 0.2) is 0 Å². The van der Waals surface area contributed by atoms with Crippen LogP contribution in [0, 0.1) is 6.07 Å². The first-order chi connectivity index (χ1) is 13.9. The molecule has 6 rings (SSSR count). The Morgan fingerprint density at radius 2 is 1.54 bits per heavy atom. The molecule has 133 valence electrons. The molecule has 0 nitrogen and oxygen atoms in total.